The number of nitrogens with two attached hydrogens (primary N) is 1. The molecular formula is C27H40N4O7. The Morgan fingerprint density at radius 3 is 2.61 bits per heavy atom. The van der Waals surface area contributed by atoms with Gasteiger partial charge < -0.3 is 30.7 Å². The molecule has 3 unspecified atom stereocenters. The Morgan fingerprint density at radius 1 is 1.16 bits per heavy atom. The maximum Gasteiger partial charge on any atom is 0.287 e. The number of likely N-dealkylation sites (tertiary alicyclic amines) is 1. The van der Waals surface area contributed by atoms with Gasteiger partial charge in [-0.3, -0.25) is 24.0 Å². The number of nitrogens with zero attached hydrogens (tertiary/aromatic N) is 1. The van der Waals surface area contributed by atoms with E-state index in [4.69, 9.17) is 15.2 Å². The van der Waals surface area contributed by atoms with Gasteiger partial charge in [0.2, 0.25) is 23.5 Å². The van der Waals surface area contributed by atoms with Crippen molar-refractivity contribution in [3.8, 4) is 5.75 Å². The summed E-state index contributed by atoms with van der Waals surface area (Å²) in [7, 11) is 1.65. The van der Waals surface area contributed by atoms with Gasteiger partial charge in [-0.2, -0.15) is 0 Å². The molecule has 0 saturated carbocycles. The van der Waals surface area contributed by atoms with Gasteiger partial charge in [-0.15, -0.1) is 0 Å². The number of carbonyl (C=O) groups excluding carboxylic acids is 5. The van der Waals surface area contributed by atoms with Crippen LogP contribution in [-0.2, 0) is 35.1 Å². The van der Waals surface area contributed by atoms with Crippen LogP contribution in [-0.4, -0.2) is 79.3 Å². The van der Waals surface area contributed by atoms with Crippen molar-refractivity contribution in [3.05, 3.63) is 29.8 Å². The molecule has 1 fully saturated rings. The Morgan fingerprint density at radius 2 is 1.92 bits per heavy atom. The molecule has 210 valence electrons. The van der Waals surface area contributed by atoms with Crippen molar-refractivity contribution in [2.24, 2.45) is 5.73 Å². The van der Waals surface area contributed by atoms with E-state index in [-0.39, 0.29) is 31.4 Å². The lowest BCUT2D eigenvalue weighted by Crippen LogP contribution is -2.57. The number of carbonyl (C=O) groups is 5. The first-order chi connectivity index (χ1) is 18.2. The minimum atomic E-state index is -1.11. The first-order valence-electron chi connectivity index (χ1n) is 13.1. The van der Waals surface area contributed by atoms with Crippen molar-refractivity contribution in [2.45, 2.75) is 77.0 Å². The SMILES string of the molecule is CCCC(NC(=O)C1CCCCN1C(=O)CNC(=O)Cc1cccc(OCCC(C)OC)c1)C(=O)C(N)=O. The number of hydrogen-bond acceptors (Lipinski definition) is 7. The van der Waals surface area contributed by atoms with Crippen LogP contribution >= 0.6 is 0 Å². The van der Waals surface area contributed by atoms with E-state index in [1.807, 2.05) is 19.9 Å². The summed E-state index contributed by atoms with van der Waals surface area (Å²) in [6.07, 6.45) is 3.59. The topological polar surface area (TPSA) is 157 Å². The summed E-state index contributed by atoms with van der Waals surface area (Å²) < 4.78 is 10.9. The number of rotatable bonds is 15. The van der Waals surface area contributed by atoms with Crippen molar-refractivity contribution in [1.29, 1.82) is 0 Å². The van der Waals surface area contributed by atoms with Gasteiger partial charge in [0.05, 0.1) is 31.7 Å². The molecule has 1 heterocycles. The number of benzene rings is 1. The average molecular weight is 533 g/mol. The Kier molecular flexibility index (Phi) is 12.7. The van der Waals surface area contributed by atoms with E-state index in [0.717, 1.165) is 24.8 Å². The van der Waals surface area contributed by atoms with E-state index in [0.29, 0.717) is 31.7 Å². The molecule has 11 heteroatoms. The molecule has 0 aliphatic carbocycles. The zero-order chi connectivity index (χ0) is 28.1. The Labute approximate surface area is 223 Å². The maximum absolute atomic E-state index is 13.0. The second kappa shape index (κ2) is 15.7. The molecule has 1 aromatic rings. The third-order valence-corrected chi connectivity index (χ3v) is 6.47. The molecule has 11 nitrogen and oxygen atoms in total. The van der Waals surface area contributed by atoms with Crippen LogP contribution in [0.1, 0.15) is 57.9 Å². The number of primary amides is 1. The molecule has 3 atom stereocenters. The molecule has 1 saturated heterocycles. The Bertz CT molecular complexity index is 984. The van der Waals surface area contributed by atoms with Crippen LogP contribution < -0.4 is 21.1 Å². The van der Waals surface area contributed by atoms with Crippen molar-refractivity contribution in [2.75, 3.05) is 26.8 Å². The highest BCUT2D eigenvalue weighted by Gasteiger charge is 2.34. The molecule has 1 aromatic carbocycles. The monoisotopic (exact) mass is 532 g/mol. The Hall–Kier alpha value is -3.47. The number of methoxy groups -OCH3 is 1. The van der Waals surface area contributed by atoms with Gasteiger partial charge in [-0.05, 0) is 50.3 Å². The van der Waals surface area contributed by atoms with Crippen LogP contribution in [0.5, 0.6) is 5.75 Å². The lowest BCUT2D eigenvalue weighted by molar-refractivity contribution is -0.144. The summed E-state index contributed by atoms with van der Waals surface area (Å²) in [6, 6.07) is 5.39. The molecule has 0 spiro atoms. The molecule has 4 N–H and O–H groups in total. The summed E-state index contributed by atoms with van der Waals surface area (Å²) in [5.41, 5.74) is 5.85. The lowest BCUT2D eigenvalue weighted by atomic mass is 9.99. The highest BCUT2D eigenvalue weighted by Crippen LogP contribution is 2.18. The van der Waals surface area contributed by atoms with Gasteiger partial charge in [-0.1, -0.05) is 25.5 Å². The minimum Gasteiger partial charge on any atom is -0.493 e. The second-order valence-corrected chi connectivity index (χ2v) is 9.46. The largest absolute Gasteiger partial charge is 0.493 e. The molecule has 38 heavy (non-hydrogen) atoms. The molecule has 4 amide bonds. The number of nitrogens with one attached hydrogen (secondary N) is 2. The van der Waals surface area contributed by atoms with Crippen LogP contribution in [0, 0.1) is 0 Å². The quantitative estimate of drug-likeness (QED) is 0.283. The number of hydrogen-bond donors (Lipinski definition) is 3. The zero-order valence-electron chi connectivity index (χ0n) is 22.5. The van der Waals surface area contributed by atoms with E-state index < -0.39 is 35.6 Å². The molecular weight excluding hydrogens is 492 g/mol. The first kappa shape index (κ1) is 30.8. The molecule has 2 rings (SSSR count). The summed E-state index contributed by atoms with van der Waals surface area (Å²) in [5.74, 6) is -2.56. The summed E-state index contributed by atoms with van der Waals surface area (Å²) in [4.78, 5) is 63.2. The van der Waals surface area contributed by atoms with Crippen molar-refractivity contribution < 1.29 is 33.4 Å². The summed E-state index contributed by atoms with van der Waals surface area (Å²) in [5, 5.41) is 5.22. The van der Waals surface area contributed by atoms with Gasteiger partial charge in [0.1, 0.15) is 11.8 Å². The van der Waals surface area contributed by atoms with Gasteiger partial charge >= 0.3 is 0 Å². The zero-order valence-corrected chi connectivity index (χ0v) is 22.5. The van der Waals surface area contributed by atoms with E-state index in [1.54, 1.807) is 25.3 Å². The average Bonchev–Trinajstić information content (AvgIpc) is 2.91. The minimum absolute atomic E-state index is 0.0663. The first-order valence-corrected chi connectivity index (χ1v) is 13.1. The van der Waals surface area contributed by atoms with Crippen LogP contribution in [0.15, 0.2) is 24.3 Å². The molecule has 0 aromatic heterocycles. The van der Waals surface area contributed by atoms with Crippen molar-refractivity contribution >= 4 is 29.4 Å². The predicted molar refractivity (Wildman–Crippen MR) is 140 cm³/mol. The van der Waals surface area contributed by atoms with Gasteiger partial charge in [0.15, 0.2) is 0 Å². The number of Topliss-reactive ketones (excluding diaryl/α,β-unsaturated/α-hetero) is 1. The highest BCUT2D eigenvalue weighted by atomic mass is 16.5. The number of ketones is 1. The molecule has 0 radical (unpaired) electrons. The predicted octanol–water partition coefficient (Wildman–Crippen LogP) is 0.870. The van der Waals surface area contributed by atoms with Crippen molar-refractivity contribution in [3.63, 3.8) is 0 Å². The fourth-order valence-corrected chi connectivity index (χ4v) is 4.23. The van der Waals surface area contributed by atoms with E-state index in [2.05, 4.69) is 10.6 Å². The van der Waals surface area contributed by atoms with Gasteiger partial charge in [0.25, 0.3) is 5.91 Å². The fraction of sp³-hybridized carbons (Fsp3) is 0.593. The fourth-order valence-electron chi connectivity index (χ4n) is 4.23. The number of piperidine rings is 1. The standard InChI is InChI=1S/C27H40N4O7/c1-4-8-21(25(34)26(28)35)30-27(36)22-11-5-6-13-31(22)24(33)17-29-23(32)16-19-9-7-10-20(15-19)38-14-12-18(2)37-3/h7,9-10,15,18,21-22H,4-6,8,11-14,16-17H2,1-3H3,(H2,28,35)(H,29,32)(H,30,36). The number of amides is 4. The van der Waals surface area contributed by atoms with E-state index in [1.165, 1.54) is 4.90 Å². The normalized spacial score (nSPS) is 16.7. The lowest BCUT2D eigenvalue weighted by Gasteiger charge is -2.35. The maximum atomic E-state index is 13.0. The van der Waals surface area contributed by atoms with E-state index in [9.17, 15) is 24.0 Å². The third-order valence-electron chi connectivity index (χ3n) is 6.47. The third kappa shape index (κ3) is 9.77. The van der Waals surface area contributed by atoms with Crippen LogP contribution in [0.3, 0.4) is 0 Å². The molecule has 0 bridgehead atoms. The highest BCUT2D eigenvalue weighted by molar-refractivity contribution is 6.37. The molecule has 1 aliphatic rings. The van der Waals surface area contributed by atoms with Crippen LogP contribution in [0.25, 0.3) is 0 Å². The van der Waals surface area contributed by atoms with E-state index >= 15 is 0 Å². The second-order valence-electron chi connectivity index (χ2n) is 9.46. The Balaban J connectivity index is 1.91. The summed E-state index contributed by atoms with van der Waals surface area (Å²) >= 11 is 0. The smallest absolute Gasteiger partial charge is 0.287 e. The number of ether oxygens (including phenoxy) is 2. The van der Waals surface area contributed by atoms with Gasteiger partial charge in [0, 0.05) is 20.1 Å². The van der Waals surface area contributed by atoms with Crippen LogP contribution in [0.2, 0.25) is 0 Å². The summed E-state index contributed by atoms with van der Waals surface area (Å²) in [6.45, 7) is 4.36. The molecule has 1 aliphatic heterocycles. The van der Waals surface area contributed by atoms with Crippen LogP contribution in [0.4, 0.5) is 0 Å². The van der Waals surface area contributed by atoms with Gasteiger partial charge in [-0.25, -0.2) is 0 Å². The van der Waals surface area contributed by atoms with Crippen molar-refractivity contribution in [1.82, 2.24) is 15.5 Å².